The molecule has 2 N–H and O–H groups in total. The van der Waals surface area contributed by atoms with E-state index in [1.165, 1.54) is 23.1 Å². The molecule has 0 bridgehead atoms. The first kappa shape index (κ1) is 16.4. The SMILES string of the molecule is CCCN(CC(=O)O)C(=O)NCc1cccc([N+](=O)[O-])c1. The molecule has 0 aliphatic carbocycles. The largest absolute Gasteiger partial charge is 0.480 e. The van der Waals surface area contributed by atoms with Crippen LogP contribution in [0.5, 0.6) is 0 Å². The number of benzene rings is 1. The number of aliphatic carboxylic acids is 1. The summed E-state index contributed by atoms with van der Waals surface area (Å²) in [5, 5.41) is 22.0. The van der Waals surface area contributed by atoms with Gasteiger partial charge in [0.15, 0.2) is 0 Å². The maximum absolute atomic E-state index is 11.9. The van der Waals surface area contributed by atoms with Crippen molar-refractivity contribution in [3.05, 3.63) is 39.9 Å². The van der Waals surface area contributed by atoms with Crippen molar-refractivity contribution in [2.45, 2.75) is 19.9 Å². The lowest BCUT2D eigenvalue weighted by atomic mass is 10.2. The van der Waals surface area contributed by atoms with E-state index in [2.05, 4.69) is 5.32 Å². The van der Waals surface area contributed by atoms with Crippen molar-refractivity contribution in [2.24, 2.45) is 0 Å². The van der Waals surface area contributed by atoms with Crippen LogP contribution in [-0.2, 0) is 11.3 Å². The molecule has 0 saturated carbocycles. The third-order valence-electron chi connectivity index (χ3n) is 2.67. The van der Waals surface area contributed by atoms with E-state index in [1.807, 2.05) is 6.92 Å². The summed E-state index contributed by atoms with van der Waals surface area (Å²) in [5.74, 6) is -1.09. The van der Waals surface area contributed by atoms with E-state index in [4.69, 9.17) is 5.11 Å². The number of amides is 2. The van der Waals surface area contributed by atoms with Gasteiger partial charge in [-0.15, -0.1) is 0 Å². The number of nitrogens with one attached hydrogen (secondary N) is 1. The first-order chi connectivity index (χ1) is 9.93. The monoisotopic (exact) mass is 295 g/mol. The first-order valence-corrected chi connectivity index (χ1v) is 6.42. The molecule has 0 spiro atoms. The second-order valence-corrected chi connectivity index (χ2v) is 4.40. The van der Waals surface area contributed by atoms with E-state index in [0.29, 0.717) is 18.5 Å². The lowest BCUT2D eigenvalue weighted by molar-refractivity contribution is -0.384. The van der Waals surface area contributed by atoms with Crippen LogP contribution in [0, 0.1) is 10.1 Å². The summed E-state index contributed by atoms with van der Waals surface area (Å²) in [7, 11) is 0. The van der Waals surface area contributed by atoms with E-state index in [-0.39, 0.29) is 18.8 Å². The maximum atomic E-state index is 11.9. The average molecular weight is 295 g/mol. The van der Waals surface area contributed by atoms with Crippen molar-refractivity contribution in [2.75, 3.05) is 13.1 Å². The quantitative estimate of drug-likeness (QED) is 0.586. The van der Waals surface area contributed by atoms with E-state index < -0.39 is 16.9 Å². The van der Waals surface area contributed by atoms with Gasteiger partial charge < -0.3 is 15.3 Å². The van der Waals surface area contributed by atoms with Crippen LogP contribution in [0.4, 0.5) is 10.5 Å². The topological polar surface area (TPSA) is 113 Å². The summed E-state index contributed by atoms with van der Waals surface area (Å²) in [6.45, 7) is 1.88. The lowest BCUT2D eigenvalue weighted by Gasteiger charge is -2.20. The molecule has 0 aliphatic heterocycles. The van der Waals surface area contributed by atoms with Crippen LogP contribution in [0.15, 0.2) is 24.3 Å². The van der Waals surface area contributed by atoms with E-state index in [0.717, 1.165) is 0 Å². The molecule has 8 nitrogen and oxygen atoms in total. The molecular weight excluding hydrogens is 278 g/mol. The minimum absolute atomic E-state index is 0.0577. The molecule has 0 unspecified atom stereocenters. The number of carbonyl (C=O) groups is 2. The fraction of sp³-hybridized carbons (Fsp3) is 0.385. The van der Waals surface area contributed by atoms with Gasteiger partial charge in [0.05, 0.1) is 4.92 Å². The van der Waals surface area contributed by atoms with Gasteiger partial charge in [0.1, 0.15) is 6.54 Å². The highest BCUT2D eigenvalue weighted by Crippen LogP contribution is 2.12. The Kier molecular flexibility index (Phi) is 6.12. The Balaban J connectivity index is 2.63. The van der Waals surface area contributed by atoms with Gasteiger partial charge in [0.25, 0.3) is 5.69 Å². The molecule has 0 saturated heterocycles. The Morgan fingerprint density at radius 3 is 2.71 bits per heavy atom. The summed E-state index contributed by atoms with van der Waals surface area (Å²) in [4.78, 5) is 33.9. The Morgan fingerprint density at radius 1 is 1.43 bits per heavy atom. The molecule has 0 radical (unpaired) electrons. The molecule has 1 aromatic rings. The minimum atomic E-state index is -1.09. The number of non-ortho nitro benzene ring substituents is 1. The van der Waals surface area contributed by atoms with Crippen LogP contribution in [0.3, 0.4) is 0 Å². The van der Waals surface area contributed by atoms with Crippen molar-refractivity contribution in [3.63, 3.8) is 0 Å². The van der Waals surface area contributed by atoms with E-state index in [1.54, 1.807) is 6.07 Å². The van der Waals surface area contributed by atoms with Crippen molar-refractivity contribution in [3.8, 4) is 0 Å². The third-order valence-corrected chi connectivity index (χ3v) is 2.67. The molecule has 0 atom stereocenters. The van der Waals surface area contributed by atoms with Crippen LogP contribution >= 0.6 is 0 Å². The fourth-order valence-electron chi connectivity index (χ4n) is 1.76. The second-order valence-electron chi connectivity index (χ2n) is 4.40. The van der Waals surface area contributed by atoms with Crippen LogP contribution in [-0.4, -0.2) is 40.0 Å². The zero-order valence-corrected chi connectivity index (χ0v) is 11.6. The molecular formula is C13H17N3O5. The van der Waals surface area contributed by atoms with Gasteiger partial charge in [-0.1, -0.05) is 19.1 Å². The molecule has 1 rings (SSSR count). The molecule has 0 heterocycles. The number of urea groups is 1. The van der Waals surface area contributed by atoms with Crippen molar-refractivity contribution >= 4 is 17.7 Å². The van der Waals surface area contributed by atoms with Gasteiger partial charge in [-0.05, 0) is 12.0 Å². The molecule has 8 heteroatoms. The van der Waals surface area contributed by atoms with Crippen LogP contribution in [0.25, 0.3) is 0 Å². The third kappa shape index (κ3) is 5.47. The number of nitro groups is 1. The minimum Gasteiger partial charge on any atom is -0.480 e. The number of hydrogen-bond donors (Lipinski definition) is 2. The standard InChI is InChI=1S/C13H17N3O5/c1-2-6-15(9-12(17)18)13(19)14-8-10-4-3-5-11(7-10)16(20)21/h3-5,7H,2,6,8-9H2,1H3,(H,14,19)(H,17,18). The van der Waals surface area contributed by atoms with Gasteiger partial charge >= 0.3 is 12.0 Å². The Labute approximate surface area is 121 Å². The number of carboxylic acid groups (broad SMARTS) is 1. The number of carbonyl (C=O) groups excluding carboxylic acids is 1. The molecule has 0 aromatic heterocycles. The highest BCUT2D eigenvalue weighted by Gasteiger charge is 2.15. The smallest absolute Gasteiger partial charge is 0.323 e. The normalized spacial score (nSPS) is 9.95. The van der Waals surface area contributed by atoms with Gasteiger partial charge in [-0.3, -0.25) is 14.9 Å². The van der Waals surface area contributed by atoms with Crippen LogP contribution in [0.1, 0.15) is 18.9 Å². The first-order valence-electron chi connectivity index (χ1n) is 6.42. The van der Waals surface area contributed by atoms with Gasteiger partial charge in [-0.2, -0.15) is 0 Å². The zero-order valence-electron chi connectivity index (χ0n) is 11.6. The fourth-order valence-corrected chi connectivity index (χ4v) is 1.76. The van der Waals surface area contributed by atoms with E-state index >= 15 is 0 Å². The molecule has 2 amide bonds. The molecule has 0 fully saturated rings. The number of rotatable bonds is 7. The molecule has 114 valence electrons. The lowest BCUT2D eigenvalue weighted by Crippen LogP contribution is -2.42. The molecule has 21 heavy (non-hydrogen) atoms. The van der Waals surface area contributed by atoms with Gasteiger partial charge in [-0.25, -0.2) is 4.79 Å². The van der Waals surface area contributed by atoms with Crippen molar-refractivity contribution in [1.29, 1.82) is 0 Å². The van der Waals surface area contributed by atoms with Gasteiger partial charge in [0.2, 0.25) is 0 Å². The number of nitro benzene ring substituents is 1. The summed E-state index contributed by atoms with van der Waals surface area (Å²) in [6.07, 6.45) is 0.636. The average Bonchev–Trinajstić information content (AvgIpc) is 2.44. The molecule has 0 aliphatic rings. The Hall–Kier alpha value is -2.64. The summed E-state index contributed by atoms with van der Waals surface area (Å²) in [6, 6.07) is 5.39. The van der Waals surface area contributed by atoms with Crippen LogP contribution in [0.2, 0.25) is 0 Å². The van der Waals surface area contributed by atoms with E-state index in [9.17, 15) is 19.7 Å². The van der Waals surface area contributed by atoms with Crippen molar-refractivity contribution < 1.29 is 19.6 Å². The summed E-state index contributed by atoms with van der Waals surface area (Å²) >= 11 is 0. The zero-order chi connectivity index (χ0) is 15.8. The highest BCUT2D eigenvalue weighted by atomic mass is 16.6. The van der Waals surface area contributed by atoms with Crippen molar-refractivity contribution in [1.82, 2.24) is 10.2 Å². The van der Waals surface area contributed by atoms with Gasteiger partial charge in [0, 0.05) is 25.2 Å². The summed E-state index contributed by atoms with van der Waals surface area (Å²) < 4.78 is 0. The summed E-state index contributed by atoms with van der Waals surface area (Å²) in [5.41, 5.74) is 0.516. The Morgan fingerprint density at radius 2 is 2.14 bits per heavy atom. The number of hydrogen-bond acceptors (Lipinski definition) is 4. The predicted molar refractivity (Wildman–Crippen MR) is 74.8 cm³/mol. The highest BCUT2D eigenvalue weighted by molar-refractivity contribution is 5.80. The number of nitrogens with zero attached hydrogens (tertiary/aromatic N) is 2. The second kappa shape index (κ2) is 7.83. The Bertz CT molecular complexity index is 532. The van der Waals surface area contributed by atoms with Crippen LogP contribution < -0.4 is 5.32 Å². The predicted octanol–water partition coefficient (Wildman–Crippen LogP) is 1.60. The maximum Gasteiger partial charge on any atom is 0.323 e. The molecule has 1 aromatic carbocycles. The number of carboxylic acids is 1.